The summed E-state index contributed by atoms with van der Waals surface area (Å²) in [6.07, 6.45) is 2.29. The molecular formula is C29H31N3O5S. The number of nitrogens with zero attached hydrogens (tertiary/aromatic N) is 3. The minimum absolute atomic E-state index is 0.0792. The number of thioether (sulfide) groups is 1. The number of likely N-dealkylation sites (tertiary alicyclic amines) is 1. The van der Waals surface area contributed by atoms with Crippen molar-refractivity contribution >= 4 is 28.8 Å². The van der Waals surface area contributed by atoms with E-state index < -0.39 is 12.0 Å². The minimum Gasteiger partial charge on any atom is -0.497 e. The van der Waals surface area contributed by atoms with E-state index in [4.69, 9.17) is 19.2 Å². The monoisotopic (exact) mass is 533 g/mol. The third-order valence-electron chi connectivity index (χ3n) is 6.96. The largest absolute Gasteiger partial charge is 0.497 e. The smallest absolute Gasteiger partial charge is 0.338 e. The van der Waals surface area contributed by atoms with E-state index in [-0.39, 0.29) is 18.9 Å². The van der Waals surface area contributed by atoms with Gasteiger partial charge in [-0.2, -0.15) is 0 Å². The number of fused-ring (bicyclic) bond motifs is 1. The second kappa shape index (κ2) is 11.3. The van der Waals surface area contributed by atoms with Crippen LogP contribution in [0, 0.1) is 0 Å². The molecule has 0 aromatic heterocycles. The average molecular weight is 534 g/mol. The Morgan fingerprint density at radius 3 is 2.53 bits per heavy atom. The summed E-state index contributed by atoms with van der Waals surface area (Å²) in [6, 6.07) is 14.5. The summed E-state index contributed by atoms with van der Waals surface area (Å²) in [7, 11) is 3.19. The molecule has 1 fully saturated rings. The van der Waals surface area contributed by atoms with E-state index in [0.29, 0.717) is 27.9 Å². The Kier molecular flexibility index (Phi) is 7.74. The molecule has 1 saturated heterocycles. The Hall–Kier alpha value is -3.72. The van der Waals surface area contributed by atoms with Gasteiger partial charge in [-0.3, -0.25) is 4.79 Å². The Bertz CT molecular complexity index is 1310. The highest BCUT2D eigenvalue weighted by molar-refractivity contribution is 8.16. The van der Waals surface area contributed by atoms with Gasteiger partial charge < -0.3 is 24.0 Å². The summed E-state index contributed by atoms with van der Waals surface area (Å²) < 4.78 is 17.0. The van der Waals surface area contributed by atoms with Gasteiger partial charge in [-0.15, -0.1) is 0 Å². The first kappa shape index (κ1) is 25.9. The van der Waals surface area contributed by atoms with Crippen molar-refractivity contribution in [2.75, 3.05) is 27.3 Å². The highest BCUT2D eigenvalue weighted by Gasteiger charge is 2.42. The molecule has 9 heteroatoms. The lowest BCUT2D eigenvalue weighted by Crippen LogP contribution is -2.38. The molecule has 3 aliphatic heterocycles. The van der Waals surface area contributed by atoms with Crippen LogP contribution in [0.15, 0.2) is 75.9 Å². The zero-order valence-electron chi connectivity index (χ0n) is 21.8. The van der Waals surface area contributed by atoms with Gasteiger partial charge in [-0.1, -0.05) is 42.1 Å². The molecule has 0 spiro atoms. The van der Waals surface area contributed by atoms with Crippen molar-refractivity contribution in [2.45, 2.75) is 38.8 Å². The van der Waals surface area contributed by atoms with Crippen molar-refractivity contribution in [1.29, 1.82) is 0 Å². The molecule has 0 aliphatic carbocycles. The molecule has 2 aromatic rings. The summed E-state index contributed by atoms with van der Waals surface area (Å²) in [5.41, 5.74) is 3.44. The highest BCUT2D eigenvalue weighted by Crippen LogP contribution is 2.47. The number of aliphatic imine (C=N–C) groups is 1. The van der Waals surface area contributed by atoms with Crippen molar-refractivity contribution in [1.82, 2.24) is 9.80 Å². The van der Waals surface area contributed by atoms with Crippen LogP contribution < -0.4 is 9.47 Å². The first-order valence-corrected chi connectivity index (χ1v) is 13.5. The van der Waals surface area contributed by atoms with Crippen molar-refractivity contribution in [3.05, 3.63) is 82.0 Å². The zero-order chi connectivity index (χ0) is 26.6. The highest BCUT2D eigenvalue weighted by atomic mass is 32.2. The number of methoxy groups -OCH3 is 2. The van der Waals surface area contributed by atoms with Crippen LogP contribution in [0.1, 0.15) is 43.4 Å². The second-order valence-corrected chi connectivity index (χ2v) is 10.2. The van der Waals surface area contributed by atoms with Gasteiger partial charge in [-0.05, 0) is 42.9 Å². The number of rotatable bonds is 8. The van der Waals surface area contributed by atoms with Crippen LogP contribution in [0.2, 0.25) is 0 Å². The third-order valence-corrected chi connectivity index (χ3v) is 7.85. The van der Waals surface area contributed by atoms with Gasteiger partial charge in [0, 0.05) is 30.4 Å². The SMILES string of the molecule is COc1ccc([C@@H]2C(C(=O)OCc3ccccc3)=C(C)N=C3SC=C(CC(=O)N4CCCC4)N32)c(OC)c1. The number of allylic oxidation sites excluding steroid dienone is 1. The lowest BCUT2D eigenvalue weighted by Gasteiger charge is -2.37. The van der Waals surface area contributed by atoms with Crippen LogP contribution >= 0.6 is 11.8 Å². The van der Waals surface area contributed by atoms with Crippen LogP contribution in [0.5, 0.6) is 11.5 Å². The molecule has 5 rings (SSSR count). The van der Waals surface area contributed by atoms with E-state index in [1.807, 2.05) is 64.6 Å². The number of carbonyl (C=O) groups excluding carboxylic acids is 2. The predicted molar refractivity (Wildman–Crippen MR) is 147 cm³/mol. The maximum Gasteiger partial charge on any atom is 0.338 e. The second-order valence-electron chi connectivity index (χ2n) is 9.33. The number of amides is 1. The van der Waals surface area contributed by atoms with Crippen LogP contribution in [-0.2, 0) is 20.9 Å². The molecule has 0 N–H and O–H groups in total. The topological polar surface area (TPSA) is 80.7 Å². The number of amidine groups is 1. The van der Waals surface area contributed by atoms with Crippen molar-refractivity contribution in [3.63, 3.8) is 0 Å². The van der Waals surface area contributed by atoms with Gasteiger partial charge in [0.25, 0.3) is 0 Å². The first-order valence-electron chi connectivity index (χ1n) is 12.6. The normalized spacial score (nSPS) is 18.7. The van der Waals surface area contributed by atoms with E-state index in [2.05, 4.69) is 0 Å². The summed E-state index contributed by atoms with van der Waals surface area (Å²) in [5, 5.41) is 2.68. The van der Waals surface area contributed by atoms with E-state index in [1.165, 1.54) is 11.8 Å². The lowest BCUT2D eigenvalue weighted by atomic mass is 9.93. The summed E-state index contributed by atoms with van der Waals surface area (Å²) in [6.45, 7) is 3.53. The van der Waals surface area contributed by atoms with Gasteiger partial charge in [0.05, 0.1) is 38.0 Å². The van der Waals surface area contributed by atoms with Crippen molar-refractivity contribution in [3.8, 4) is 11.5 Å². The third kappa shape index (κ3) is 5.15. The summed E-state index contributed by atoms with van der Waals surface area (Å²) >= 11 is 1.46. The van der Waals surface area contributed by atoms with Crippen LogP contribution in [-0.4, -0.2) is 54.2 Å². The molecule has 1 atom stereocenters. The Morgan fingerprint density at radius 1 is 1.05 bits per heavy atom. The predicted octanol–water partition coefficient (Wildman–Crippen LogP) is 5.03. The van der Waals surface area contributed by atoms with Gasteiger partial charge in [-0.25, -0.2) is 9.79 Å². The Labute approximate surface area is 226 Å². The van der Waals surface area contributed by atoms with Crippen LogP contribution in [0.25, 0.3) is 0 Å². The Balaban J connectivity index is 1.52. The molecule has 1 amide bonds. The number of ether oxygens (including phenoxy) is 3. The number of benzene rings is 2. The van der Waals surface area contributed by atoms with E-state index in [9.17, 15) is 9.59 Å². The fraction of sp³-hybridized carbons (Fsp3) is 0.345. The quantitative estimate of drug-likeness (QED) is 0.440. The molecule has 0 radical (unpaired) electrons. The molecule has 198 valence electrons. The number of hydrogen-bond acceptors (Lipinski definition) is 8. The number of hydrogen-bond donors (Lipinski definition) is 0. The van der Waals surface area contributed by atoms with Crippen LogP contribution in [0.4, 0.5) is 0 Å². The van der Waals surface area contributed by atoms with E-state index in [0.717, 1.165) is 42.8 Å². The number of esters is 1. The van der Waals surface area contributed by atoms with Gasteiger partial charge in [0.2, 0.25) is 5.91 Å². The zero-order valence-corrected chi connectivity index (χ0v) is 22.6. The van der Waals surface area contributed by atoms with Gasteiger partial charge >= 0.3 is 5.97 Å². The molecular weight excluding hydrogens is 502 g/mol. The van der Waals surface area contributed by atoms with Crippen LogP contribution in [0.3, 0.4) is 0 Å². The average Bonchev–Trinajstić information content (AvgIpc) is 3.62. The fourth-order valence-corrected chi connectivity index (χ4v) is 5.97. The molecule has 2 aromatic carbocycles. The molecule has 8 nitrogen and oxygen atoms in total. The molecule has 38 heavy (non-hydrogen) atoms. The first-order chi connectivity index (χ1) is 18.5. The number of carbonyl (C=O) groups is 2. The molecule has 3 aliphatic rings. The van der Waals surface area contributed by atoms with E-state index >= 15 is 0 Å². The van der Waals surface area contributed by atoms with Crippen molar-refractivity contribution < 1.29 is 23.8 Å². The molecule has 0 saturated carbocycles. The minimum atomic E-state index is -0.584. The van der Waals surface area contributed by atoms with Crippen molar-refractivity contribution in [2.24, 2.45) is 4.99 Å². The lowest BCUT2D eigenvalue weighted by molar-refractivity contribution is -0.141. The molecule has 0 bridgehead atoms. The summed E-state index contributed by atoms with van der Waals surface area (Å²) in [5.74, 6) is 0.827. The standard InChI is InChI=1S/C29H31N3O5S/c1-19-26(28(34)37-17-20-9-5-4-6-10-20)27(23-12-11-22(35-2)16-24(23)36-3)32-21(18-38-29(32)30-19)15-25(33)31-13-7-8-14-31/h4-6,9-12,16,18,27H,7-8,13-15,17H2,1-3H3/t27-/m1/s1. The summed E-state index contributed by atoms with van der Waals surface area (Å²) in [4.78, 5) is 35.5. The molecule has 3 heterocycles. The maximum atomic E-state index is 13.7. The fourth-order valence-electron chi connectivity index (χ4n) is 5.00. The van der Waals surface area contributed by atoms with Gasteiger partial charge in [0.1, 0.15) is 18.1 Å². The maximum absolute atomic E-state index is 13.7. The molecule has 0 unspecified atom stereocenters. The van der Waals surface area contributed by atoms with Gasteiger partial charge in [0.15, 0.2) is 5.17 Å². The van der Waals surface area contributed by atoms with E-state index in [1.54, 1.807) is 20.3 Å². The Morgan fingerprint density at radius 2 is 1.82 bits per heavy atom.